The minimum Gasteiger partial charge on any atom is -0.354 e. The van der Waals surface area contributed by atoms with Crippen molar-refractivity contribution in [2.75, 3.05) is 19.6 Å². The van der Waals surface area contributed by atoms with Gasteiger partial charge in [-0.25, -0.2) is 9.18 Å². The van der Waals surface area contributed by atoms with Crippen LogP contribution in [0.2, 0.25) is 5.02 Å². The second-order valence-electron chi connectivity index (χ2n) is 8.40. The molecule has 1 aliphatic carbocycles. The van der Waals surface area contributed by atoms with E-state index in [2.05, 4.69) is 20.9 Å². The van der Waals surface area contributed by atoms with Gasteiger partial charge in [-0.3, -0.25) is 19.8 Å². The average Bonchev–Trinajstić information content (AvgIpc) is 3.33. The van der Waals surface area contributed by atoms with Crippen molar-refractivity contribution >= 4 is 29.4 Å². The number of hydrogen-bond acceptors (Lipinski definition) is 4. The summed E-state index contributed by atoms with van der Waals surface area (Å²) >= 11 is 6.31. The molecule has 1 unspecified atom stereocenters. The Kier molecular flexibility index (Phi) is 5.97. The molecule has 2 heterocycles. The van der Waals surface area contributed by atoms with Crippen LogP contribution in [0, 0.1) is 11.7 Å². The van der Waals surface area contributed by atoms with Crippen molar-refractivity contribution in [3.05, 3.63) is 34.6 Å². The summed E-state index contributed by atoms with van der Waals surface area (Å²) in [4.78, 5) is 38.5. The number of carbonyl (C=O) groups is 3. The van der Waals surface area contributed by atoms with Gasteiger partial charge in [0.1, 0.15) is 11.4 Å². The van der Waals surface area contributed by atoms with Crippen LogP contribution < -0.4 is 16.0 Å². The van der Waals surface area contributed by atoms with E-state index in [0.717, 1.165) is 25.9 Å². The van der Waals surface area contributed by atoms with Crippen LogP contribution >= 0.6 is 11.6 Å². The first-order valence-corrected chi connectivity index (χ1v) is 10.9. The average molecular weight is 437 g/mol. The molecule has 1 aromatic rings. The van der Waals surface area contributed by atoms with Gasteiger partial charge in [-0.15, -0.1) is 0 Å². The quantitative estimate of drug-likeness (QED) is 0.618. The molecule has 1 aromatic carbocycles. The van der Waals surface area contributed by atoms with Gasteiger partial charge >= 0.3 is 6.03 Å². The first-order chi connectivity index (χ1) is 14.4. The van der Waals surface area contributed by atoms with Gasteiger partial charge in [-0.1, -0.05) is 17.7 Å². The Morgan fingerprint density at radius 1 is 1.27 bits per heavy atom. The number of benzene rings is 1. The van der Waals surface area contributed by atoms with Gasteiger partial charge in [0.05, 0.1) is 6.04 Å². The van der Waals surface area contributed by atoms with E-state index in [4.69, 9.17) is 11.6 Å². The van der Waals surface area contributed by atoms with E-state index in [1.54, 1.807) is 12.1 Å². The van der Waals surface area contributed by atoms with Crippen LogP contribution in [0.1, 0.15) is 50.1 Å². The first kappa shape index (κ1) is 21.1. The molecule has 2 aliphatic heterocycles. The lowest BCUT2D eigenvalue weighted by Gasteiger charge is -2.34. The van der Waals surface area contributed by atoms with Gasteiger partial charge in [0.15, 0.2) is 0 Å². The Morgan fingerprint density at radius 3 is 2.57 bits per heavy atom. The molecule has 1 atom stereocenters. The third kappa shape index (κ3) is 4.03. The maximum absolute atomic E-state index is 14.6. The Labute approximate surface area is 179 Å². The molecule has 3 fully saturated rings. The summed E-state index contributed by atoms with van der Waals surface area (Å²) in [6.45, 7) is 1.95. The highest BCUT2D eigenvalue weighted by Gasteiger charge is 2.48. The van der Waals surface area contributed by atoms with Crippen LogP contribution in [0.15, 0.2) is 18.2 Å². The summed E-state index contributed by atoms with van der Waals surface area (Å²) in [5.41, 5.74) is -0.457. The van der Waals surface area contributed by atoms with Crippen molar-refractivity contribution in [1.29, 1.82) is 0 Å². The van der Waals surface area contributed by atoms with Crippen molar-refractivity contribution in [2.45, 2.75) is 50.1 Å². The number of nitrogens with one attached hydrogen (secondary N) is 3. The minimum absolute atomic E-state index is 0.105. The van der Waals surface area contributed by atoms with E-state index < -0.39 is 11.6 Å². The molecule has 4 rings (SSSR count). The molecule has 7 nitrogen and oxygen atoms in total. The molecular formula is C21H26ClFN4O3. The predicted molar refractivity (Wildman–Crippen MR) is 109 cm³/mol. The monoisotopic (exact) mass is 436 g/mol. The number of hydrogen-bond donors (Lipinski definition) is 3. The fourth-order valence-electron chi connectivity index (χ4n) is 4.89. The number of carbonyl (C=O) groups excluding carboxylic acids is 3. The molecule has 1 saturated carbocycles. The lowest BCUT2D eigenvalue weighted by Crippen LogP contribution is -2.51. The van der Waals surface area contributed by atoms with Crippen LogP contribution in [0.4, 0.5) is 9.18 Å². The standard InChI is InChI=1S/C21H26ClFN4O3/c22-14-4-3-5-15(23)17(14)16(27-10-1-2-11-27)12-24-18(28)13-6-8-21(9-7-13)19(29)25-20(30)26-21/h3-5,13,16H,1-2,6-12H2,(H,24,28)(H2,25,26,29,30). The normalized spacial score (nSPS) is 27.7. The summed E-state index contributed by atoms with van der Waals surface area (Å²) in [5, 5.41) is 8.34. The fourth-order valence-corrected chi connectivity index (χ4v) is 5.18. The Morgan fingerprint density at radius 2 is 1.97 bits per heavy atom. The van der Waals surface area contributed by atoms with Crippen molar-refractivity contribution in [3.8, 4) is 0 Å². The van der Waals surface area contributed by atoms with Gasteiger partial charge < -0.3 is 10.6 Å². The largest absolute Gasteiger partial charge is 0.354 e. The third-order valence-corrected chi connectivity index (χ3v) is 6.94. The van der Waals surface area contributed by atoms with Crippen molar-refractivity contribution in [3.63, 3.8) is 0 Å². The Bertz CT molecular complexity index is 830. The lowest BCUT2D eigenvalue weighted by molar-refractivity contribution is -0.130. The van der Waals surface area contributed by atoms with Crippen molar-refractivity contribution in [1.82, 2.24) is 20.9 Å². The molecule has 0 radical (unpaired) electrons. The maximum atomic E-state index is 14.6. The zero-order chi connectivity index (χ0) is 21.3. The fraction of sp³-hybridized carbons (Fsp3) is 0.571. The summed E-state index contributed by atoms with van der Waals surface area (Å²) in [6, 6.07) is 3.86. The molecular weight excluding hydrogens is 411 g/mol. The first-order valence-electron chi connectivity index (χ1n) is 10.5. The molecule has 9 heteroatoms. The van der Waals surface area contributed by atoms with Crippen molar-refractivity contribution < 1.29 is 18.8 Å². The SMILES string of the molecule is O=C1NC(=O)C2(CCC(C(=O)NCC(c3c(F)cccc3Cl)N3CCCC3)CC2)N1. The minimum atomic E-state index is -0.882. The highest BCUT2D eigenvalue weighted by molar-refractivity contribution is 6.31. The number of urea groups is 1. The van der Waals surface area contributed by atoms with Crippen LogP contribution in [-0.4, -0.2) is 47.9 Å². The van der Waals surface area contributed by atoms with Crippen LogP contribution in [0.5, 0.6) is 0 Å². The molecule has 30 heavy (non-hydrogen) atoms. The number of rotatable bonds is 5. The number of imide groups is 1. The number of halogens is 2. The third-order valence-electron chi connectivity index (χ3n) is 6.61. The van der Waals surface area contributed by atoms with Crippen LogP contribution in [-0.2, 0) is 9.59 Å². The number of nitrogens with zero attached hydrogens (tertiary/aromatic N) is 1. The molecule has 2 saturated heterocycles. The van der Waals surface area contributed by atoms with E-state index in [1.807, 2.05) is 0 Å². The second-order valence-corrected chi connectivity index (χ2v) is 8.81. The molecule has 3 N–H and O–H groups in total. The van der Waals surface area contributed by atoms with E-state index in [0.29, 0.717) is 36.3 Å². The van der Waals surface area contributed by atoms with Gasteiger partial charge in [0.2, 0.25) is 5.91 Å². The molecule has 4 amide bonds. The van der Waals surface area contributed by atoms with Gasteiger partial charge in [0.25, 0.3) is 5.91 Å². The zero-order valence-electron chi connectivity index (χ0n) is 16.7. The Balaban J connectivity index is 1.40. The summed E-state index contributed by atoms with van der Waals surface area (Å²) in [6.07, 6.45) is 3.95. The topological polar surface area (TPSA) is 90.5 Å². The molecule has 3 aliphatic rings. The smallest absolute Gasteiger partial charge is 0.322 e. The molecule has 0 bridgehead atoms. The van der Waals surface area contributed by atoms with Crippen LogP contribution in [0.25, 0.3) is 0 Å². The van der Waals surface area contributed by atoms with Gasteiger partial charge in [-0.05, 0) is 63.7 Å². The maximum Gasteiger partial charge on any atom is 0.322 e. The molecule has 0 aromatic heterocycles. The highest BCUT2D eigenvalue weighted by Crippen LogP contribution is 2.35. The van der Waals surface area contributed by atoms with Crippen molar-refractivity contribution in [2.24, 2.45) is 5.92 Å². The van der Waals surface area contributed by atoms with E-state index in [-0.39, 0.29) is 36.1 Å². The zero-order valence-corrected chi connectivity index (χ0v) is 17.4. The van der Waals surface area contributed by atoms with Gasteiger partial charge in [-0.2, -0.15) is 0 Å². The number of amides is 4. The second kappa shape index (κ2) is 8.51. The molecule has 162 valence electrons. The lowest BCUT2D eigenvalue weighted by atomic mass is 9.76. The molecule has 1 spiro atoms. The Hall–Kier alpha value is -2.19. The van der Waals surface area contributed by atoms with E-state index in [1.165, 1.54) is 6.07 Å². The number of likely N-dealkylation sites (tertiary alicyclic amines) is 1. The van der Waals surface area contributed by atoms with Crippen LogP contribution in [0.3, 0.4) is 0 Å². The van der Waals surface area contributed by atoms with Gasteiger partial charge in [0, 0.05) is 23.0 Å². The van der Waals surface area contributed by atoms with E-state index >= 15 is 0 Å². The summed E-state index contributed by atoms with van der Waals surface area (Å²) in [7, 11) is 0. The summed E-state index contributed by atoms with van der Waals surface area (Å²) in [5.74, 6) is -1.02. The summed E-state index contributed by atoms with van der Waals surface area (Å²) < 4.78 is 14.6. The van der Waals surface area contributed by atoms with E-state index in [9.17, 15) is 18.8 Å². The highest BCUT2D eigenvalue weighted by atomic mass is 35.5. The predicted octanol–water partition coefficient (Wildman–Crippen LogP) is 2.50.